The van der Waals surface area contributed by atoms with Gasteiger partial charge in [0.05, 0.1) is 17.3 Å². The van der Waals surface area contributed by atoms with Crippen LogP contribution < -0.4 is 4.74 Å². The van der Waals surface area contributed by atoms with Gasteiger partial charge >= 0.3 is 5.97 Å². The van der Waals surface area contributed by atoms with Gasteiger partial charge in [-0.3, -0.25) is 0 Å². The van der Waals surface area contributed by atoms with Gasteiger partial charge < -0.3 is 9.84 Å². The van der Waals surface area contributed by atoms with E-state index in [1.165, 1.54) is 16.9 Å². The second kappa shape index (κ2) is 6.52. The van der Waals surface area contributed by atoms with E-state index in [1.807, 2.05) is 24.3 Å². The first-order chi connectivity index (χ1) is 9.61. The molecule has 0 aliphatic carbocycles. The molecule has 0 radical (unpaired) electrons. The first-order valence-electron chi connectivity index (χ1n) is 6.52. The highest BCUT2D eigenvalue weighted by Crippen LogP contribution is 2.21. The van der Waals surface area contributed by atoms with Crippen LogP contribution in [0.5, 0.6) is 5.75 Å². The summed E-state index contributed by atoms with van der Waals surface area (Å²) >= 11 is 1.22. The fraction of sp³-hybridized carbons (Fsp3) is 0.333. The normalized spacial score (nSPS) is 10.5. The van der Waals surface area contributed by atoms with Crippen LogP contribution in [0.15, 0.2) is 24.3 Å². The van der Waals surface area contributed by atoms with Gasteiger partial charge in [-0.05, 0) is 25.0 Å². The maximum Gasteiger partial charge on any atom is 0.347 e. The molecule has 2 rings (SSSR count). The highest BCUT2D eigenvalue weighted by atomic mass is 32.1. The predicted octanol–water partition coefficient (Wildman–Crippen LogP) is 3.33. The van der Waals surface area contributed by atoms with Gasteiger partial charge in [0.2, 0.25) is 0 Å². The average Bonchev–Trinajstić information content (AvgIpc) is 2.80. The Balaban J connectivity index is 1.96. The zero-order valence-corrected chi connectivity index (χ0v) is 12.4. The predicted molar refractivity (Wildman–Crippen MR) is 78.8 cm³/mol. The Labute approximate surface area is 122 Å². The Hall–Kier alpha value is -1.88. The number of carbonyl (C=O) groups is 1. The number of aromatic nitrogens is 1. The van der Waals surface area contributed by atoms with E-state index >= 15 is 0 Å². The van der Waals surface area contributed by atoms with Crippen LogP contribution in [0.1, 0.15) is 32.9 Å². The van der Waals surface area contributed by atoms with Crippen LogP contribution in [0.25, 0.3) is 0 Å². The lowest BCUT2D eigenvalue weighted by atomic mass is 10.1. The molecule has 106 valence electrons. The molecule has 2 aromatic rings. The van der Waals surface area contributed by atoms with Crippen molar-refractivity contribution in [3.05, 3.63) is 45.4 Å². The maximum absolute atomic E-state index is 11.0. The van der Waals surface area contributed by atoms with Crippen molar-refractivity contribution in [2.75, 3.05) is 6.61 Å². The quantitative estimate of drug-likeness (QED) is 0.887. The number of hydrogen-bond acceptors (Lipinski definition) is 4. The molecule has 1 N–H and O–H groups in total. The Morgan fingerprint density at radius 2 is 2.15 bits per heavy atom. The van der Waals surface area contributed by atoms with Gasteiger partial charge in [0.1, 0.15) is 10.6 Å². The van der Waals surface area contributed by atoms with E-state index in [2.05, 4.69) is 11.9 Å². The Kier molecular flexibility index (Phi) is 4.74. The summed E-state index contributed by atoms with van der Waals surface area (Å²) in [5.74, 6) is -0.0229. The molecule has 0 aliphatic heterocycles. The summed E-state index contributed by atoms with van der Waals surface area (Å²) < 4.78 is 5.76. The van der Waals surface area contributed by atoms with Gasteiger partial charge in [-0.25, -0.2) is 9.78 Å². The van der Waals surface area contributed by atoms with E-state index in [0.717, 1.165) is 17.2 Å². The van der Waals surface area contributed by atoms with E-state index < -0.39 is 5.97 Å². The summed E-state index contributed by atoms with van der Waals surface area (Å²) in [7, 11) is 0. The zero-order chi connectivity index (χ0) is 14.5. The molecule has 0 unspecified atom stereocenters. The van der Waals surface area contributed by atoms with Crippen LogP contribution >= 0.6 is 11.3 Å². The summed E-state index contributed by atoms with van der Waals surface area (Å²) in [5.41, 5.74) is 1.75. The number of benzene rings is 1. The molecule has 1 aromatic heterocycles. The monoisotopic (exact) mass is 291 g/mol. The standard InChI is InChI=1S/C15H17NO3S/c1-3-11-6-4-5-7-12(11)19-9-8-13-16-10(2)14(20-13)15(17)18/h4-7H,3,8-9H2,1-2H3,(H,17,18). The number of para-hydroxylation sites is 1. The lowest BCUT2D eigenvalue weighted by Crippen LogP contribution is -2.02. The third-order valence-corrected chi connectivity index (χ3v) is 4.17. The summed E-state index contributed by atoms with van der Waals surface area (Å²) in [5, 5.41) is 9.79. The largest absolute Gasteiger partial charge is 0.493 e. The van der Waals surface area contributed by atoms with Gasteiger partial charge in [-0.2, -0.15) is 0 Å². The van der Waals surface area contributed by atoms with Crippen molar-refractivity contribution in [2.45, 2.75) is 26.7 Å². The minimum Gasteiger partial charge on any atom is -0.493 e. The second-order valence-corrected chi connectivity index (χ2v) is 5.47. The number of hydrogen-bond donors (Lipinski definition) is 1. The van der Waals surface area contributed by atoms with Crippen molar-refractivity contribution in [2.24, 2.45) is 0 Å². The van der Waals surface area contributed by atoms with Crippen molar-refractivity contribution in [3.8, 4) is 5.75 Å². The van der Waals surface area contributed by atoms with Crippen molar-refractivity contribution < 1.29 is 14.6 Å². The lowest BCUT2D eigenvalue weighted by Gasteiger charge is -2.09. The third kappa shape index (κ3) is 3.36. The second-order valence-electron chi connectivity index (χ2n) is 4.39. The highest BCUT2D eigenvalue weighted by Gasteiger charge is 2.13. The van der Waals surface area contributed by atoms with E-state index in [0.29, 0.717) is 23.6 Å². The number of carboxylic acids is 1. The molecule has 20 heavy (non-hydrogen) atoms. The number of aromatic carboxylic acids is 1. The lowest BCUT2D eigenvalue weighted by molar-refractivity contribution is 0.0701. The van der Waals surface area contributed by atoms with Crippen LogP contribution in [0.3, 0.4) is 0 Å². The molecule has 0 atom stereocenters. The summed E-state index contributed by atoms with van der Waals surface area (Å²) in [6.07, 6.45) is 1.55. The molecule has 0 saturated carbocycles. The number of thiazole rings is 1. The minimum atomic E-state index is -0.913. The van der Waals surface area contributed by atoms with Crippen molar-refractivity contribution in [3.63, 3.8) is 0 Å². The molecule has 0 spiro atoms. The van der Waals surface area contributed by atoms with E-state index in [4.69, 9.17) is 9.84 Å². The smallest absolute Gasteiger partial charge is 0.347 e. The number of ether oxygens (including phenoxy) is 1. The van der Waals surface area contributed by atoms with Crippen LogP contribution in [0, 0.1) is 6.92 Å². The first kappa shape index (κ1) is 14.5. The van der Waals surface area contributed by atoms with Crippen LogP contribution in [-0.4, -0.2) is 22.7 Å². The molecule has 0 amide bonds. The average molecular weight is 291 g/mol. The molecule has 1 heterocycles. The van der Waals surface area contributed by atoms with Gasteiger partial charge in [0.15, 0.2) is 0 Å². The molecule has 0 aliphatic rings. The molecule has 0 bridgehead atoms. The van der Waals surface area contributed by atoms with Crippen LogP contribution in [0.2, 0.25) is 0 Å². The zero-order valence-electron chi connectivity index (χ0n) is 11.5. The molecule has 4 nitrogen and oxygen atoms in total. The van der Waals surface area contributed by atoms with Crippen LogP contribution in [0.4, 0.5) is 0 Å². The van der Waals surface area contributed by atoms with Crippen molar-refractivity contribution in [1.82, 2.24) is 4.98 Å². The molecule has 5 heteroatoms. The molecular formula is C15H17NO3S. The van der Waals surface area contributed by atoms with Gasteiger partial charge in [0.25, 0.3) is 0 Å². The van der Waals surface area contributed by atoms with E-state index in [1.54, 1.807) is 6.92 Å². The third-order valence-electron chi connectivity index (χ3n) is 2.96. The molecular weight excluding hydrogens is 274 g/mol. The first-order valence-corrected chi connectivity index (χ1v) is 7.33. The summed E-state index contributed by atoms with van der Waals surface area (Å²) in [6, 6.07) is 7.94. The Morgan fingerprint density at radius 3 is 2.80 bits per heavy atom. The van der Waals surface area contributed by atoms with E-state index in [9.17, 15) is 4.79 Å². The van der Waals surface area contributed by atoms with Gasteiger partial charge in [-0.1, -0.05) is 25.1 Å². The van der Waals surface area contributed by atoms with Gasteiger partial charge in [-0.15, -0.1) is 11.3 Å². The number of aryl methyl sites for hydroxylation is 2. The molecule has 1 aromatic carbocycles. The SMILES string of the molecule is CCc1ccccc1OCCc1nc(C)c(C(=O)O)s1. The minimum absolute atomic E-state index is 0.314. The fourth-order valence-corrected chi connectivity index (χ4v) is 2.83. The van der Waals surface area contributed by atoms with Crippen LogP contribution in [-0.2, 0) is 12.8 Å². The molecule has 0 saturated heterocycles. The molecule has 0 fully saturated rings. The van der Waals surface area contributed by atoms with Gasteiger partial charge in [0, 0.05) is 6.42 Å². The topological polar surface area (TPSA) is 59.4 Å². The summed E-state index contributed by atoms with van der Waals surface area (Å²) in [4.78, 5) is 15.5. The highest BCUT2D eigenvalue weighted by molar-refractivity contribution is 7.13. The number of rotatable bonds is 6. The maximum atomic E-state index is 11.0. The Morgan fingerprint density at radius 1 is 1.40 bits per heavy atom. The Bertz CT molecular complexity index is 607. The number of carboxylic acid groups (broad SMARTS) is 1. The van der Waals surface area contributed by atoms with Crippen molar-refractivity contribution >= 4 is 17.3 Å². The van der Waals surface area contributed by atoms with E-state index in [-0.39, 0.29) is 0 Å². The summed E-state index contributed by atoms with van der Waals surface area (Å²) in [6.45, 7) is 4.31. The fourth-order valence-electron chi connectivity index (χ4n) is 1.94. The van der Waals surface area contributed by atoms with Crippen molar-refractivity contribution in [1.29, 1.82) is 0 Å². The number of nitrogens with zero attached hydrogens (tertiary/aromatic N) is 1.